The fourth-order valence-corrected chi connectivity index (χ4v) is 5.23. The number of aromatic nitrogens is 3. The minimum atomic E-state index is -1.25. The molecular weight excluding hydrogens is 604 g/mol. The van der Waals surface area contributed by atoms with Crippen LogP contribution in [-0.2, 0) is 51.3 Å². The minimum absolute atomic E-state index is 0.00431. The van der Waals surface area contributed by atoms with Gasteiger partial charge in [-0.2, -0.15) is 5.10 Å². The molecule has 0 spiro atoms. The lowest BCUT2D eigenvalue weighted by molar-refractivity contribution is -0.239. The molecule has 2 aromatic rings. The van der Waals surface area contributed by atoms with Crippen molar-refractivity contribution in [2.45, 2.75) is 97.6 Å². The molecule has 1 fully saturated rings. The van der Waals surface area contributed by atoms with Gasteiger partial charge in [-0.3, -0.25) is 19.2 Å². The van der Waals surface area contributed by atoms with Gasteiger partial charge < -0.3 is 33.6 Å². The Hall–Kier alpha value is -3.49. The number of nitrogens with zero attached hydrogens (tertiary/aromatic N) is 3. The van der Waals surface area contributed by atoms with Crippen LogP contribution < -0.4 is 10.1 Å². The number of halogens is 1. The molecule has 1 aliphatic heterocycles. The van der Waals surface area contributed by atoms with Crippen LogP contribution in [0.2, 0.25) is 5.02 Å². The quantitative estimate of drug-likeness (QED) is 0.148. The first kappa shape index (κ1) is 34.0. The molecule has 0 radical (unpaired) electrons. The van der Waals surface area contributed by atoms with Gasteiger partial charge in [0, 0.05) is 34.2 Å². The van der Waals surface area contributed by atoms with Gasteiger partial charge in [0.25, 0.3) is 0 Å². The van der Waals surface area contributed by atoms with Crippen molar-refractivity contribution in [1.29, 1.82) is 0 Å². The van der Waals surface area contributed by atoms with E-state index in [-0.39, 0.29) is 18.0 Å². The Morgan fingerprint density at radius 1 is 1.02 bits per heavy atom. The van der Waals surface area contributed by atoms with Gasteiger partial charge in [-0.05, 0) is 30.8 Å². The highest BCUT2D eigenvalue weighted by Gasteiger charge is 2.52. The number of nitrogens with one attached hydrogen (secondary N) is 1. The second kappa shape index (κ2) is 15.8. The van der Waals surface area contributed by atoms with E-state index in [1.165, 1.54) is 32.4 Å². The lowest BCUT2D eigenvalue weighted by Gasteiger charge is -2.45. The maximum atomic E-state index is 12.4. The van der Waals surface area contributed by atoms with Gasteiger partial charge in [-0.25, -0.2) is 4.68 Å². The Kier molecular flexibility index (Phi) is 12.5. The van der Waals surface area contributed by atoms with Crippen molar-refractivity contribution < 1.29 is 42.9 Å². The van der Waals surface area contributed by atoms with Crippen LogP contribution in [0.25, 0.3) is 0 Å². The van der Waals surface area contributed by atoms with Crippen molar-refractivity contribution in [3.63, 3.8) is 0 Å². The molecule has 1 aromatic carbocycles. The topological polar surface area (TPSA) is 149 Å². The Morgan fingerprint density at radius 3 is 2.30 bits per heavy atom. The third kappa shape index (κ3) is 9.25. The second-order valence-corrected chi connectivity index (χ2v) is 10.7. The average Bonchev–Trinajstić information content (AvgIpc) is 3.23. The number of amides is 1. The molecule has 13 nitrogen and oxygen atoms in total. The molecule has 2 heterocycles. The highest BCUT2D eigenvalue weighted by atomic mass is 35.5. The summed E-state index contributed by atoms with van der Waals surface area (Å²) in [5, 5.41) is 7.89. The molecule has 236 valence electrons. The number of carbonyl (C=O) groups is 4. The Labute approximate surface area is 259 Å². The van der Waals surface area contributed by atoms with E-state index in [2.05, 4.69) is 12.2 Å². The summed E-state index contributed by atoms with van der Waals surface area (Å²) in [7, 11) is 0. The van der Waals surface area contributed by atoms with Crippen LogP contribution in [0.3, 0.4) is 0 Å². The molecular formula is C28H37ClN4O9S. The SMILES string of the molecule is CCCCCn1c(COc2ccccc2Cl)nn([C@@H]2O[C@H](COC(C)=O)[C@@H](OC(C)=O)[C@H](OC(C)=O)[C@H]2NC(C)=O)c1=S. The third-order valence-electron chi connectivity index (χ3n) is 6.47. The standard InChI is InChI=1S/C28H37ClN4O9S/c1-6-7-10-13-32-23(15-39-21-12-9-8-11-20(21)29)31-33(28(32)43)27-24(30-16(2)34)26(41-19(5)37)25(40-18(4)36)22(42-27)14-38-17(3)35/h8-9,11-12,22,24-27H,6-7,10,13-15H2,1-5H3,(H,30,34)/t22-,24-,25-,26-,27-/m1/s1. The van der Waals surface area contributed by atoms with Gasteiger partial charge in [-0.15, -0.1) is 0 Å². The predicted molar refractivity (Wildman–Crippen MR) is 156 cm³/mol. The smallest absolute Gasteiger partial charge is 0.303 e. The molecule has 1 amide bonds. The van der Waals surface area contributed by atoms with Gasteiger partial charge in [0.05, 0.1) is 5.02 Å². The largest absolute Gasteiger partial charge is 0.484 e. The number of esters is 3. The summed E-state index contributed by atoms with van der Waals surface area (Å²) >= 11 is 12.1. The number of carbonyl (C=O) groups excluding carboxylic acids is 4. The monoisotopic (exact) mass is 640 g/mol. The van der Waals surface area contributed by atoms with Gasteiger partial charge in [-0.1, -0.05) is 43.5 Å². The first-order valence-electron chi connectivity index (χ1n) is 13.9. The summed E-state index contributed by atoms with van der Waals surface area (Å²) in [5.74, 6) is -1.58. The summed E-state index contributed by atoms with van der Waals surface area (Å²) in [4.78, 5) is 48.4. The van der Waals surface area contributed by atoms with E-state index < -0.39 is 54.4 Å². The van der Waals surface area contributed by atoms with Crippen molar-refractivity contribution in [2.24, 2.45) is 0 Å². The fraction of sp³-hybridized carbons (Fsp3) is 0.571. The lowest BCUT2D eigenvalue weighted by atomic mass is 9.95. The van der Waals surface area contributed by atoms with Crippen LogP contribution in [0.4, 0.5) is 0 Å². The maximum absolute atomic E-state index is 12.4. The zero-order chi connectivity index (χ0) is 31.7. The number of hydrogen-bond acceptors (Lipinski definition) is 11. The molecule has 1 aromatic heterocycles. The number of hydrogen-bond donors (Lipinski definition) is 1. The summed E-state index contributed by atoms with van der Waals surface area (Å²) in [6.45, 7) is 7.10. The van der Waals surface area contributed by atoms with E-state index >= 15 is 0 Å². The van der Waals surface area contributed by atoms with Crippen molar-refractivity contribution >= 4 is 47.6 Å². The first-order chi connectivity index (χ1) is 20.4. The normalized spacial score (nSPS) is 21.5. The van der Waals surface area contributed by atoms with Gasteiger partial charge >= 0.3 is 17.9 Å². The summed E-state index contributed by atoms with van der Waals surface area (Å²) in [6, 6.07) is 5.90. The minimum Gasteiger partial charge on any atom is -0.484 e. The van der Waals surface area contributed by atoms with E-state index in [0.29, 0.717) is 23.1 Å². The molecule has 0 saturated carbocycles. The number of para-hydroxylation sites is 1. The molecule has 0 unspecified atom stereocenters. The Balaban J connectivity index is 2.12. The van der Waals surface area contributed by atoms with E-state index in [9.17, 15) is 19.2 Å². The zero-order valence-corrected chi connectivity index (χ0v) is 26.3. The molecule has 15 heteroatoms. The van der Waals surface area contributed by atoms with E-state index in [0.717, 1.165) is 19.3 Å². The van der Waals surface area contributed by atoms with Crippen molar-refractivity contribution in [2.75, 3.05) is 6.61 Å². The summed E-state index contributed by atoms with van der Waals surface area (Å²) in [5.41, 5.74) is 0. The Morgan fingerprint density at radius 2 is 1.70 bits per heavy atom. The molecule has 1 N–H and O–H groups in total. The van der Waals surface area contributed by atoms with Crippen molar-refractivity contribution in [3.8, 4) is 5.75 Å². The van der Waals surface area contributed by atoms with E-state index in [4.69, 9.17) is 52.6 Å². The molecule has 3 rings (SSSR count). The maximum Gasteiger partial charge on any atom is 0.303 e. The van der Waals surface area contributed by atoms with Crippen LogP contribution in [0.5, 0.6) is 5.75 Å². The van der Waals surface area contributed by atoms with Crippen molar-refractivity contribution in [1.82, 2.24) is 19.7 Å². The van der Waals surface area contributed by atoms with Crippen molar-refractivity contribution in [3.05, 3.63) is 39.9 Å². The molecule has 0 bridgehead atoms. The van der Waals surface area contributed by atoms with Crippen LogP contribution >= 0.6 is 23.8 Å². The summed E-state index contributed by atoms with van der Waals surface area (Å²) < 4.78 is 32.0. The second-order valence-electron chi connectivity index (χ2n) is 9.96. The number of unbranched alkanes of at least 4 members (excludes halogenated alkanes) is 2. The lowest BCUT2D eigenvalue weighted by Crippen LogP contribution is -2.64. The van der Waals surface area contributed by atoms with E-state index in [1.807, 2.05) is 0 Å². The number of ether oxygens (including phenoxy) is 5. The van der Waals surface area contributed by atoms with Gasteiger partial charge in [0.15, 0.2) is 29.0 Å². The third-order valence-corrected chi connectivity index (χ3v) is 7.19. The van der Waals surface area contributed by atoms with E-state index in [1.54, 1.807) is 28.8 Å². The van der Waals surface area contributed by atoms with Gasteiger partial charge in [0.2, 0.25) is 5.91 Å². The molecule has 43 heavy (non-hydrogen) atoms. The molecule has 1 saturated heterocycles. The fourth-order valence-electron chi connectivity index (χ4n) is 4.69. The molecule has 1 aliphatic rings. The predicted octanol–water partition coefficient (Wildman–Crippen LogP) is 3.67. The summed E-state index contributed by atoms with van der Waals surface area (Å²) in [6.07, 6.45) is -2.05. The molecule has 5 atom stereocenters. The van der Waals surface area contributed by atoms with Crippen LogP contribution in [-0.4, -0.2) is 69.1 Å². The zero-order valence-electron chi connectivity index (χ0n) is 24.7. The van der Waals surface area contributed by atoms with Gasteiger partial charge in [0.1, 0.15) is 31.1 Å². The first-order valence-corrected chi connectivity index (χ1v) is 14.7. The highest BCUT2D eigenvalue weighted by molar-refractivity contribution is 7.71. The highest BCUT2D eigenvalue weighted by Crippen LogP contribution is 2.33. The Bertz CT molecular complexity index is 1360. The van der Waals surface area contributed by atoms with Crippen LogP contribution in [0.1, 0.15) is 65.9 Å². The number of rotatable bonds is 13. The van der Waals surface area contributed by atoms with Crippen LogP contribution in [0, 0.1) is 4.77 Å². The number of benzene rings is 1. The van der Waals surface area contributed by atoms with Crippen LogP contribution in [0.15, 0.2) is 24.3 Å². The average molecular weight is 641 g/mol. The molecule has 0 aliphatic carbocycles.